The molecule has 0 spiro atoms. The molecule has 0 bridgehead atoms. The molecular weight excluding hydrogens is 348 g/mol. The predicted octanol–water partition coefficient (Wildman–Crippen LogP) is 11.2. The summed E-state index contributed by atoms with van der Waals surface area (Å²) in [6, 6.07) is 0. The van der Waals surface area contributed by atoms with Gasteiger partial charge in [-0.05, 0) is 25.7 Å². The molecule has 0 aliphatic heterocycles. The highest BCUT2D eigenvalue weighted by Crippen LogP contribution is 2.32. The molecule has 0 amide bonds. The van der Waals surface area contributed by atoms with E-state index in [-0.39, 0.29) is 0 Å². The lowest BCUT2D eigenvalue weighted by molar-refractivity contribution is 0.382. The first-order valence-corrected chi connectivity index (χ1v) is 13.7. The first-order valence-electron chi connectivity index (χ1n) is 13.7. The summed E-state index contributed by atoms with van der Waals surface area (Å²) >= 11 is 0. The summed E-state index contributed by atoms with van der Waals surface area (Å²) in [4.78, 5) is 0. The second-order valence-electron chi connectivity index (χ2n) is 10.3. The van der Waals surface area contributed by atoms with Crippen molar-refractivity contribution in [3.8, 4) is 0 Å². The Morgan fingerprint density at radius 3 is 1.07 bits per heavy atom. The minimum Gasteiger partial charge on any atom is -0.0882 e. The van der Waals surface area contributed by atoms with Gasteiger partial charge in [-0.1, -0.05) is 161 Å². The van der Waals surface area contributed by atoms with Crippen molar-refractivity contribution in [2.45, 2.75) is 169 Å². The molecule has 0 saturated heterocycles. The molecule has 0 heteroatoms. The van der Waals surface area contributed by atoms with Crippen molar-refractivity contribution in [3.05, 3.63) is 11.6 Å². The molecule has 0 rings (SSSR count). The molecule has 0 atom stereocenters. The molecule has 0 nitrogen and oxygen atoms in total. The summed E-state index contributed by atoms with van der Waals surface area (Å²) < 4.78 is 0. The Balaban J connectivity index is 3.17. The average molecular weight is 407 g/mol. The fraction of sp³-hybridized carbons (Fsp3) is 0.931. The fourth-order valence-electron chi connectivity index (χ4n) is 4.41. The molecular formula is C29H58. The average Bonchev–Trinajstić information content (AvgIpc) is 2.71. The van der Waals surface area contributed by atoms with E-state index in [1.165, 1.54) is 135 Å². The monoisotopic (exact) mass is 406 g/mol. The van der Waals surface area contributed by atoms with Crippen LogP contribution in [0.4, 0.5) is 0 Å². The summed E-state index contributed by atoms with van der Waals surface area (Å²) in [5, 5.41) is 0. The van der Waals surface area contributed by atoms with E-state index in [1.807, 2.05) is 0 Å². The van der Waals surface area contributed by atoms with Crippen molar-refractivity contribution in [3.63, 3.8) is 0 Å². The standard InChI is InChI=1S/C29H58/c1-6-8-9-10-11-12-13-14-15-16-17-18-19-20-21-22-23-24-25-26-27-29(4,5)28(3)7-2/h7H,6,8-27H2,1-5H3/b28-7+. The molecule has 174 valence electrons. The maximum absolute atomic E-state index is 2.40. The van der Waals surface area contributed by atoms with Crippen LogP contribution in [-0.2, 0) is 0 Å². The van der Waals surface area contributed by atoms with Crippen LogP contribution in [-0.4, -0.2) is 0 Å². The molecule has 0 radical (unpaired) electrons. The molecule has 0 unspecified atom stereocenters. The van der Waals surface area contributed by atoms with Crippen LogP contribution >= 0.6 is 0 Å². The molecule has 0 heterocycles. The molecule has 0 aromatic heterocycles. The summed E-state index contributed by atoms with van der Waals surface area (Å²) in [5.41, 5.74) is 1.96. The van der Waals surface area contributed by atoms with E-state index >= 15 is 0 Å². The van der Waals surface area contributed by atoms with Crippen molar-refractivity contribution >= 4 is 0 Å². The van der Waals surface area contributed by atoms with Crippen LogP contribution in [0, 0.1) is 5.41 Å². The van der Waals surface area contributed by atoms with Crippen molar-refractivity contribution < 1.29 is 0 Å². The van der Waals surface area contributed by atoms with Crippen LogP contribution in [0.15, 0.2) is 11.6 Å². The van der Waals surface area contributed by atoms with Gasteiger partial charge in [0.05, 0.1) is 0 Å². The lowest BCUT2D eigenvalue weighted by Crippen LogP contribution is -2.12. The Morgan fingerprint density at radius 2 is 0.793 bits per heavy atom. The molecule has 0 N–H and O–H groups in total. The second-order valence-corrected chi connectivity index (χ2v) is 10.3. The Bertz CT molecular complexity index is 349. The smallest absolute Gasteiger partial charge is 0.0148 e. The van der Waals surface area contributed by atoms with Crippen LogP contribution in [0.3, 0.4) is 0 Å². The van der Waals surface area contributed by atoms with Crippen LogP contribution in [0.2, 0.25) is 0 Å². The normalized spacial score (nSPS) is 12.7. The summed E-state index contributed by atoms with van der Waals surface area (Å²) in [6.45, 7) is 11.6. The van der Waals surface area contributed by atoms with Gasteiger partial charge in [0.1, 0.15) is 0 Å². The van der Waals surface area contributed by atoms with Gasteiger partial charge in [0.15, 0.2) is 0 Å². The predicted molar refractivity (Wildman–Crippen MR) is 136 cm³/mol. The highest BCUT2D eigenvalue weighted by molar-refractivity contribution is 5.07. The number of unbranched alkanes of at least 4 members (excludes halogenated alkanes) is 19. The Kier molecular flexibility index (Phi) is 20.8. The maximum Gasteiger partial charge on any atom is -0.0148 e. The van der Waals surface area contributed by atoms with Crippen LogP contribution in [0.1, 0.15) is 169 Å². The Morgan fingerprint density at radius 1 is 0.517 bits per heavy atom. The van der Waals surface area contributed by atoms with Gasteiger partial charge in [-0.3, -0.25) is 0 Å². The molecule has 0 saturated carbocycles. The zero-order valence-electron chi connectivity index (χ0n) is 21.4. The minimum absolute atomic E-state index is 0.406. The largest absolute Gasteiger partial charge is 0.0882 e. The van der Waals surface area contributed by atoms with Gasteiger partial charge in [0.25, 0.3) is 0 Å². The third-order valence-electron chi connectivity index (χ3n) is 7.16. The topological polar surface area (TPSA) is 0 Å². The van der Waals surface area contributed by atoms with E-state index in [4.69, 9.17) is 0 Å². The molecule has 0 fully saturated rings. The van der Waals surface area contributed by atoms with Gasteiger partial charge in [-0.2, -0.15) is 0 Å². The van der Waals surface area contributed by atoms with Gasteiger partial charge < -0.3 is 0 Å². The SMILES string of the molecule is C/C=C(\C)C(C)(C)CCCCCCCCCCCCCCCCCCCCCC. The van der Waals surface area contributed by atoms with Gasteiger partial charge in [0, 0.05) is 0 Å². The maximum atomic E-state index is 2.40. The van der Waals surface area contributed by atoms with E-state index in [0.29, 0.717) is 5.41 Å². The third kappa shape index (κ3) is 19.4. The highest BCUT2D eigenvalue weighted by atomic mass is 14.2. The Hall–Kier alpha value is -0.260. The van der Waals surface area contributed by atoms with Crippen LogP contribution in [0.5, 0.6) is 0 Å². The van der Waals surface area contributed by atoms with E-state index in [9.17, 15) is 0 Å². The van der Waals surface area contributed by atoms with Crippen molar-refractivity contribution in [2.75, 3.05) is 0 Å². The molecule has 0 aromatic carbocycles. The van der Waals surface area contributed by atoms with Gasteiger partial charge in [0.2, 0.25) is 0 Å². The molecule has 0 aromatic rings. The van der Waals surface area contributed by atoms with Crippen molar-refractivity contribution in [1.29, 1.82) is 0 Å². The van der Waals surface area contributed by atoms with Gasteiger partial charge >= 0.3 is 0 Å². The zero-order chi connectivity index (χ0) is 21.6. The van der Waals surface area contributed by atoms with E-state index in [1.54, 1.807) is 5.57 Å². The van der Waals surface area contributed by atoms with Crippen LogP contribution < -0.4 is 0 Å². The molecule has 0 aliphatic rings. The summed E-state index contributed by atoms with van der Waals surface area (Å²) in [5.74, 6) is 0. The van der Waals surface area contributed by atoms with E-state index in [0.717, 1.165) is 0 Å². The number of hydrogen-bond acceptors (Lipinski definition) is 0. The minimum atomic E-state index is 0.406. The first kappa shape index (κ1) is 28.7. The first-order chi connectivity index (χ1) is 14.0. The summed E-state index contributed by atoms with van der Waals surface area (Å²) in [6.07, 6.45) is 32.9. The van der Waals surface area contributed by atoms with E-state index in [2.05, 4.69) is 40.7 Å². The Labute approximate surface area is 186 Å². The van der Waals surface area contributed by atoms with Crippen LogP contribution in [0.25, 0.3) is 0 Å². The number of allylic oxidation sites excluding steroid dienone is 2. The quantitative estimate of drug-likeness (QED) is 0.124. The van der Waals surface area contributed by atoms with Crippen molar-refractivity contribution in [2.24, 2.45) is 5.41 Å². The highest BCUT2D eigenvalue weighted by Gasteiger charge is 2.18. The number of rotatable bonds is 22. The van der Waals surface area contributed by atoms with Gasteiger partial charge in [-0.15, -0.1) is 0 Å². The lowest BCUT2D eigenvalue weighted by Gasteiger charge is -2.25. The molecule has 0 aliphatic carbocycles. The van der Waals surface area contributed by atoms with Crippen molar-refractivity contribution in [1.82, 2.24) is 0 Å². The van der Waals surface area contributed by atoms with Gasteiger partial charge in [-0.25, -0.2) is 0 Å². The fourth-order valence-corrected chi connectivity index (χ4v) is 4.41. The second kappa shape index (κ2) is 21.0. The number of hydrogen-bond donors (Lipinski definition) is 0. The lowest BCUT2D eigenvalue weighted by atomic mass is 9.80. The van der Waals surface area contributed by atoms with E-state index < -0.39 is 0 Å². The zero-order valence-corrected chi connectivity index (χ0v) is 21.4. The summed E-state index contributed by atoms with van der Waals surface area (Å²) in [7, 11) is 0. The molecule has 29 heavy (non-hydrogen) atoms. The third-order valence-corrected chi connectivity index (χ3v) is 7.16.